The molecule has 3 aromatic rings. The zero-order valence-corrected chi connectivity index (χ0v) is 14.7. The van der Waals surface area contributed by atoms with Crippen molar-refractivity contribution in [1.82, 2.24) is 20.0 Å². The molecule has 1 amide bonds. The number of hydrogen-bond donors (Lipinski definition) is 0. The van der Waals surface area contributed by atoms with Gasteiger partial charge >= 0.3 is 0 Å². The van der Waals surface area contributed by atoms with Crippen LogP contribution in [-0.4, -0.2) is 52.1 Å². The monoisotopic (exact) mass is 372 g/mol. The Labute approximate surface area is 155 Å². The van der Waals surface area contributed by atoms with Gasteiger partial charge in [-0.1, -0.05) is 23.7 Å². The van der Waals surface area contributed by atoms with Gasteiger partial charge in [0.15, 0.2) is 0 Å². The van der Waals surface area contributed by atoms with Crippen molar-refractivity contribution >= 4 is 17.5 Å². The molecule has 0 bridgehead atoms. The number of piperazine rings is 1. The largest absolute Gasteiger partial charge is 0.472 e. The SMILES string of the molecule is O=C(c1ccoc1)N1CCN(Cc2nnc(-c3ccccc3Cl)o2)CC1. The fourth-order valence-corrected chi connectivity index (χ4v) is 3.15. The van der Waals surface area contributed by atoms with Gasteiger partial charge in [0.25, 0.3) is 5.91 Å². The van der Waals surface area contributed by atoms with Crippen molar-refractivity contribution in [1.29, 1.82) is 0 Å². The molecule has 1 fully saturated rings. The van der Waals surface area contributed by atoms with Crippen molar-refractivity contribution < 1.29 is 13.6 Å². The number of amides is 1. The van der Waals surface area contributed by atoms with Crippen molar-refractivity contribution in [2.75, 3.05) is 26.2 Å². The fraction of sp³-hybridized carbons (Fsp3) is 0.278. The summed E-state index contributed by atoms with van der Waals surface area (Å²) in [5.74, 6) is 0.950. The molecule has 2 aromatic heterocycles. The van der Waals surface area contributed by atoms with E-state index < -0.39 is 0 Å². The van der Waals surface area contributed by atoms with Crippen LogP contribution in [-0.2, 0) is 6.54 Å². The van der Waals surface area contributed by atoms with Crippen LogP contribution in [0.4, 0.5) is 0 Å². The van der Waals surface area contributed by atoms with Crippen LogP contribution >= 0.6 is 11.6 Å². The summed E-state index contributed by atoms with van der Waals surface area (Å²) in [6, 6.07) is 9.05. The normalized spacial score (nSPS) is 15.3. The van der Waals surface area contributed by atoms with Crippen molar-refractivity contribution in [3.63, 3.8) is 0 Å². The van der Waals surface area contributed by atoms with Crippen molar-refractivity contribution in [2.24, 2.45) is 0 Å². The van der Waals surface area contributed by atoms with Gasteiger partial charge in [-0.2, -0.15) is 0 Å². The fourth-order valence-electron chi connectivity index (χ4n) is 2.93. The molecule has 7 nitrogen and oxygen atoms in total. The van der Waals surface area contributed by atoms with E-state index in [1.54, 1.807) is 12.1 Å². The average molecular weight is 373 g/mol. The number of rotatable bonds is 4. The first-order chi connectivity index (χ1) is 12.7. The first kappa shape index (κ1) is 16.8. The van der Waals surface area contributed by atoms with Gasteiger partial charge in [0.2, 0.25) is 11.8 Å². The summed E-state index contributed by atoms with van der Waals surface area (Å²) in [6.45, 7) is 3.33. The summed E-state index contributed by atoms with van der Waals surface area (Å²) in [4.78, 5) is 16.3. The van der Waals surface area contributed by atoms with Gasteiger partial charge in [0, 0.05) is 26.2 Å². The lowest BCUT2D eigenvalue weighted by molar-refractivity contribution is 0.0617. The lowest BCUT2D eigenvalue weighted by Gasteiger charge is -2.33. The van der Waals surface area contributed by atoms with E-state index in [2.05, 4.69) is 15.1 Å². The predicted molar refractivity (Wildman–Crippen MR) is 94.6 cm³/mol. The second kappa shape index (κ2) is 7.31. The first-order valence-electron chi connectivity index (χ1n) is 8.32. The molecule has 1 aliphatic rings. The predicted octanol–water partition coefficient (Wildman–Crippen LogP) is 2.94. The number of carbonyl (C=O) groups excluding carboxylic acids is 1. The van der Waals surface area contributed by atoms with E-state index in [0.29, 0.717) is 42.0 Å². The van der Waals surface area contributed by atoms with Crippen molar-refractivity contribution in [3.8, 4) is 11.5 Å². The maximum absolute atomic E-state index is 12.3. The van der Waals surface area contributed by atoms with Crippen LogP contribution in [0.15, 0.2) is 51.7 Å². The summed E-state index contributed by atoms with van der Waals surface area (Å²) in [7, 11) is 0. The van der Waals surface area contributed by atoms with Crippen LogP contribution in [0.25, 0.3) is 11.5 Å². The van der Waals surface area contributed by atoms with Crippen LogP contribution in [0.3, 0.4) is 0 Å². The number of halogens is 1. The smallest absolute Gasteiger partial charge is 0.257 e. The van der Waals surface area contributed by atoms with Gasteiger partial charge in [0.05, 0.1) is 29.0 Å². The van der Waals surface area contributed by atoms with Gasteiger partial charge < -0.3 is 13.7 Å². The molecular formula is C18H17ClN4O3. The second-order valence-corrected chi connectivity index (χ2v) is 6.47. The van der Waals surface area contributed by atoms with Crippen LogP contribution < -0.4 is 0 Å². The highest BCUT2D eigenvalue weighted by Gasteiger charge is 2.24. The number of hydrogen-bond acceptors (Lipinski definition) is 6. The van der Waals surface area contributed by atoms with E-state index in [1.807, 2.05) is 23.1 Å². The maximum atomic E-state index is 12.3. The van der Waals surface area contributed by atoms with Crippen LogP contribution in [0.5, 0.6) is 0 Å². The van der Waals surface area contributed by atoms with Gasteiger partial charge in [0.1, 0.15) is 6.26 Å². The molecule has 0 unspecified atom stereocenters. The van der Waals surface area contributed by atoms with E-state index in [0.717, 1.165) is 18.7 Å². The summed E-state index contributed by atoms with van der Waals surface area (Å²) < 4.78 is 10.7. The summed E-state index contributed by atoms with van der Waals surface area (Å²) in [5.41, 5.74) is 1.31. The van der Waals surface area contributed by atoms with E-state index in [4.69, 9.17) is 20.4 Å². The van der Waals surface area contributed by atoms with Crippen molar-refractivity contribution in [3.05, 3.63) is 59.3 Å². The third kappa shape index (κ3) is 3.49. The topological polar surface area (TPSA) is 75.6 Å². The molecule has 26 heavy (non-hydrogen) atoms. The Morgan fingerprint density at radius 1 is 1.12 bits per heavy atom. The molecule has 0 saturated carbocycles. The molecule has 1 saturated heterocycles. The molecule has 4 rings (SSSR count). The second-order valence-electron chi connectivity index (χ2n) is 6.06. The Bertz CT molecular complexity index is 885. The average Bonchev–Trinajstić information content (AvgIpc) is 3.34. The molecular weight excluding hydrogens is 356 g/mol. The Balaban J connectivity index is 1.35. The highest BCUT2D eigenvalue weighted by atomic mass is 35.5. The third-order valence-electron chi connectivity index (χ3n) is 4.36. The van der Waals surface area contributed by atoms with E-state index in [1.165, 1.54) is 12.5 Å². The summed E-state index contributed by atoms with van der Waals surface area (Å²) in [6.07, 6.45) is 2.99. The molecule has 0 N–H and O–H groups in total. The zero-order chi connectivity index (χ0) is 17.9. The van der Waals surface area contributed by atoms with Crippen LogP contribution in [0.2, 0.25) is 5.02 Å². The minimum Gasteiger partial charge on any atom is -0.472 e. The Morgan fingerprint density at radius 3 is 2.65 bits per heavy atom. The standard InChI is InChI=1S/C18H17ClN4O3/c19-15-4-2-1-3-14(15)17-21-20-16(26-17)11-22-6-8-23(9-7-22)18(24)13-5-10-25-12-13/h1-5,10,12H,6-9,11H2. The van der Waals surface area contributed by atoms with Crippen LogP contribution in [0.1, 0.15) is 16.2 Å². The molecule has 0 aliphatic carbocycles. The van der Waals surface area contributed by atoms with E-state index in [-0.39, 0.29) is 5.91 Å². The van der Waals surface area contributed by atoms with Crippen LogP contribution in [0, 0.1) is 0 Å². The molecule has 0 spiro atoms. The van der Waals surface area contributed by atoms with Gasteiger partial charge in [-0.25, -0.2) is 0 Å². The highest BCUT2D eigenvalue weighted by Crippen LogP contribution is 2.26. The van der Waals surface area contributed by atoms with E-state index >= 15 is 0 Å². The number of carbonyl (C=O) groups is 1. The number of aromatic nitrogens is 2. The van der Waals surface area contributed by atoms with Gasteiger partial charge in [-0.15, -0.1) is 10.2 Å². The summed E-state index contributed by atoms with van der Waals surface area (Å²) in [5, 5.41) is 8.78. The maximum Gasteiger partial charge on any atom is 0.257 e. The molecule has 1 aromatic carbocycles. The van der Waals surface area contributed by atoms with E-state index in [9.17, 15) is 4.79 Å². The lowest BCUT2D eigenvalue weighted by Crippen LogP contribution is -2.48. The molecule has 0 radical (unpaired) electrons. The Hall–Kier alpha value is -2.64. The molecule has 1 aliphatic heterocycles. The molecule has 3 heterocycles. The first-order valence-corrected chi connectivity index (χ1v) is 8.69. The highest BCUT2D eigenvalue weighted by molar-refractivity contribution is 6.33. The van der Waals surface area contributed by atoms with Gasteiger partial charge in [-0.05, 0) is 18.2 Å². The minimum atomic E-state index is -0.00260. The summed E-state index contributed by atoms with van der Waals surface area (Å²) >= 11 is 6.17. The molecule has 0 atom stereocenters. The zero-order valence-electron chi connectivity index (χ0n) is 14.0. The lowest BCUT2D eigenvalue weighted by atomic mass is 10.2. The minimum absolute atomic E-state index is 0.00260. The van der Waals surface area contributed by atoms with Gasteiger partial charge in [-0.3, -0.25) is 9.69 Å². The number of benzene rings is 1. The molecule has 134 valence electrons. The number of nitrogens with zero attached hydrogens (tertiary/aromatic N) is 4. The Morgan fingerprint density at radius 2 is 1.92 bits per heavy atom. The quantitative estimate of drug-likeness (QED) is 0.701. The molecule has 8 heteroatoms. The number of furan rings is 1. The Kier molecular flexibility index (Phi) is 4.73. The van der Waals surface area contributed by atoms with Crippen molar-refractivity contribution in [2.45, 2.75) is 6.54 Å². The third-order valence-corrected chi connectivity index (χ3v) is 4.69.